The molecule has 0 aliphatic carbocycles. The maximum Gasteiger partial charge on any atom is 0.0409 e. The van der Waals surface area contributed by atoms with Crippen molar-refractivity contribution in [2.24, 2.45) is 0 Å². The van der Waals surface area contributed by atoms with Crippen LogP contribution in [0.1, 0.15) is 12.0 Å². The highest BCUT2D eigenvalue weighted by Crippen LogP contribution is 2.10. The summed E-state index contributed by atoms with van der Waals surface area (Å²) < 4.78 is 0. The normalized spacial score (nSPS) is 10.3. The number of nitrogens with one attached hydrogen (secondary N) is 1. The fraction of sp³-hybridized carbons (Fsp3) is 0.400. The summed E-state index contributed by atoms with van der Waals surface area (Å²) in [5.41, 5.74) is 1.24. The highest BCUT2D eigenvalue weighted by Gasteiger charge is 1.92. The van der Waals surface area contributed by atoms with E-state index in [9.17, 15) is 0 Å². The minimum Gasteiger partial charge on any atom is -0.313 e. The molecule has 0 bridgehead atoms. The van der Waals surface area contributed by atoms with E-state index in [1.807, 2.05) is 18.2 Å². The van der Waals surface area contributed by atoms with E-state index in [0.29, 0.717) is 0 Å². The van der Waals surface area contributed by atoms with E-state index < -0.39 is 0 Å². The SMILES string of the molecule is Clc1cccc(CNCCCBr)c1. The summed E-state index contributed by atoms with van der Waals surface area (Å²) in [4.78, 5) is 0. The molecule has 1 N–H and O–H groups in total. The number of alkyl halides is 1. The van der Waals surface area contributed by atoms with E-state index in [-0.39, 0.29) is 0 Å². The Labute approximate surface area is 92.6 Å². The highest BCUT2D eigenvalue weighted by molar-refractivity contribution is 9.09. The first-order valence-corrected chi connectivity index (χ1v) is 5.84. The van der Waals surface area contributed by atoms with Gasteiger partial charge in [-0.25, -0.2) is 0 Å². The smallest absolute Gasteiger partial charge is 0.0409 e. The molecule has 0 saturated carbocycles. The Hall–Kier alpha value is -0.0500. The van der Waals surface area contributed by atoms with Gasteiger partial charge in [0.15, 0.2) is 0 Å². The molecule has 0 heterocycles. The molecule has 13 heavy (non-hydrogen) atoms. The molecule has 3 heteroatoms. The molecule has 1 aromatic rings. The Balaban J connectivity index is 2.28. The van der Waals surface area contributed by atoms with E-state index in [0.717, 1.165) is 29.9 Å². The summed E-state index contributed by atoms with van der Waals surface area (Å²) in [6, 6.07) is 7.93. The predicted octanol–water partition coefficient (Wildman–Crippen LogP) is 3.21. The average molecular weight is 263 g/mol. The van der Waals surface area contributed by atoms with Crippen LogP contribution < -0.4 is 5.32 Å². The fourth-order valence-corrected chi connectivity index (χ4v) is 1.56. The maximum absolute atomic E-state index is 5.85. The highest BCUT2D eigenvalue weighted by atomic mass is 79.9. The Morgan fingerprint density at radius 1 is 1.38 bits per heavy atom. The summed E-state index contributed by atoms with van der Waals surface area (Å²) in [6.07, 6.45) is 1.15. The van der Waals surface area contributed by atoms with Crippen LogP contribution in [0.15, 0.2) is 24.3 Å². The van der Waals surface area contributed by atoms with E-state index in [1.165, 1.54) is 5.56 Å². The number of benzene rings is 1. The van der Waals surface area contributed by atoms with Crippen LogP contribution in [0.4, 0.5) is 0 Å². The molecule has 1 aromatic carbocycles. The molecule has 0 radical (unpaired) electrons. The molecule has 1 rings (SSSR count). The third-order valence-electron chi connectivity index (χ3n) is 1.71. The van der Waals surface area contributed by atoms with Crippen LogP contribution in [0.2, 0.25) is 5.02 Å². The minimum atomic E-state index is 0.805. The number of hydrogen-bond acceptors (Lipinski definition) is 1. The van der Waals surface area contributed by atoms with E-state index >= 15 is 0 Å². The summed E-state index contributed by atoms with van der Waals surface area (Å²) in [5.74, 6) is 0. The van der Waals surface area contributed by atoms with Crippen molar-refractivity contribution < 1.29 is 0 Å². The zero-order valence-electron chi connectivity index (χ0n) is 7.39. The largest absolute Gasteiger partial charge is 0.313 e. The van der Waals surface area contributed by atoms with Crippen LogP contribution in [0.5, 0.6) is 0 Å². The first-order chi connectivity index (χ1) is 6.33. The zero-order chi connectivity index (χ0) is 9.52. The first-order valence-electron chi connectivity index (χ1n) is 4.34. The molecule has 0 aliphatic rings. The lowest BCUT2D eigenvalue weighted by atomic mass is 10.2. The van der Waals surface area contributed by atoms with Crippen molar-refractivity contribution in [1.82, 2.24) is 5.32 Å². The Morgan fingerprint density at radius 2 is 2.23 bits per heavy atom. The lowest BCUT2D eigenvalue weighted by molar-refractivity contribution is 0.680. The van der Waals surface area contributed by atoms with E-state index in [2.05, 4.69) is 27.3 Å². The maximum atomic E-state index is 5.85. The average Bonchev–Trinajstić information content (AvgIpc) is 2.13. The monoisotopic (exact) mass is 261 g/mol. The molecule has 72 valence electrons. The first kappa shape index (κ1) is 11.0. The van der Waals surface area contributed by atoms with Crippen LogP contribution >= 0.6 is 27.5 Å². The third kappa shape index (κ3) is 4.65. The van der Waals surface area contributed by atoms with Gasteiger partial charge in [-0.05, 0) is 30.7 Å². The van der Waals surface area contributed by atoms with E-state index in [4.69, 9.17) is 11.6 Å². The summed E-state index contributed by atoms with van der Waals surface area (Å²) >= 11 is 9.24. The third-order valence-corrected chi connectivity index (χ3v) is 2.50. The zero-order valence-corrected chi connectivity index (χ0v) is 9.74. The van der Waals surface area contributed by atoms with Gasteiger partial charge in [-0.15, -0.1) is 0 Å². The molecule has 1 nitrogen and oxygen atoms in total. The standard InChI is InChI=1S/C10H13BrClN/c11-5-2-6-13-8-9-3-1-4-10(12)7-9/h1,3-4,7,13H,2,5-6,8H2. The molecular weight excluding hydrogens is 249 g/mol. The molecule has 0 spiro atoms. The molecule has 0 fully saturated rings. The summed E-state index contributed by atoms with van der Waals surface area (Å²) in [6.45, 7) is 1.94. The van der Waals surface area contributed by atoms with Gasteiger partial charge in [-0.2, -0.15) is 0 Å². The van der Waals surface area contributed by atoms with Gasteiger partial charge in [0, 0.05) is 16.9 Å². The molecule has 0 saturated heterocycles. The molecule has 0 amide bonds. The predicted molar refractivity (Wildman–Crippen MR) is 61.6 cm³/mol. The second-order valence-electron chi connectivity index (χ2n) is 2.85. The van der Waals surface area contributed by atoms with Crippen LogP contribution in [0.3, 0.4) is 0 Å². The van der Waals surface area contributed by atoms with Gasteiger partial charge >= 0.3 is 0 Å². The van der Waals surface area contributed by atoms with Gasteiger partial charge in [-0.1, -0.05) is 39.7 Å². The summed E-state index contributed by atoms with van der Waals surface area (Å²) in [7, 11) is 0. The number of hydrogen-bond donors (Lipinski definition) is 1. The second kappa shape index (κ2) is 6.41. The van der Waals surface area contributed by atoms with Crippen LogP contribution in [-0.2, 0) is 6.54 Å². The fourth-order valence-electron chi connectivity index (χ4n) is 1.07. The second-order valence-corrected chi connectivity index (χ2v) is 4.08. The lowest BCUT2D eigenvalue weighted by Gasteiger charge is -2.03. The lowest BCUT2D eigenvalue weighted by Crippen LogP contribution is -2.14. The van der Waals surface area contributed by atoms with Crippen molar-refractivity contribution in [3.05, 3.63) is 34.9 Å². The topological polar surface area (TPSA) is 12.0 Å². The van der Waals surface area contributed by atoms with Crippen LogP contribution in [-0.4, -0.2) is 11.9 Å². The van der Waals surface area contributed by atoms with Gasteiger partial charge in [0.05, 0.1) is 0 Å². The van der Waals surface area contributed by atoms with Gasteiger partial charge in [0.1, 0.15) is 0 Å². The molecular formula is C10H13BrClN. The van der Waals surface area contributed by atoms with Gasteiger partial charge in [0.25, 0.3) is 0 Å². The Bertz CT molecular complexity index is 252. The van der Waals surface area contributed by atoms with Crippen LogP contribution in [0.25, 0.3) is 0 Å². The van der Waals surface area contributed by atoms with Crippen LogP contribution in [0, 0.1) is 0 Å². The van der Waals surface area contributed by atoms with Crippen molar-refractivity contribution >= 4 is 27.5 Å². The molecule has 0 atom stereocenters. The Kier molecular flexibility index (Phi) is 5.44. The van der Waals surface area contributed by atoms with Crippen molar-refractivity contribution in [3.63, 3.8) is 0 Å². The van der Waals surface area contributed by atoms with Crippen molar-refractivity contribution in [3.8, 4) is 0 Å². The molecule has 0 unspecified atom stereocenters. The molecule has 0 aromatic heterocycles. The van der Waals surface area contributed by atoms with Crippen molar-refractivity contribution in [1.29, 1.82) is 0 Å². The number of rotatable bonds is 5. The quantitative estimate of drug-likeness (QED) is 0.635. The summed E-state index contributed by atoms with van der Waals surface area (Å²) in [5, 5.41) is 5.20. The molecule has 0 aliphatic heterocycles. The van der Waals surface area contributed by atoms with E-state index in [1.54, 1.807) is 0 Å². The van der Waals surface area contributed by atoms with Gasteiger partial charge in [0.2, 0.25) is 0 Å². The number of halogens is 2. The Morgan fingerprint density at radius 3 is 2.92 bits per heavy atom. The minimum absolute atomic E-state index is 0.805. The van der Waals surface area contributed by atoms with Gasteiger partial charge in [-0.3, -0.25) is 0 Å². The van der Waals surface area contributed by atoms with Crippen molar-refractivity contribution in [2.45, 2.75) is 13.0 Å². The van der Waals surface area contributed by atoms with Gasteiger partial charge < -0.3 is 5.32 Å². The van der Waals surface area contributed by atoms with Crippen molar-refractivity contribution in [2.75, 3.05) is 11.9 Å².